The summed E-state index contributed by atoms with van der Waals surface area (Å²) < 4.78 is 1.67. The first-order valence-corrected chi connectivity index (χ1v) is 11.6. The Labute approximate surface area is 194 Å². The van der Waals surface area contributed by atoms with Gasteiger partial charge in [-0.15, -0.1) is 10.2 Å². The molecule has 32 heavy (non-hydrogen) atoms. The van der Waals surface area contributed by atoms with E-state index in [9.17, 15) is 4.79 Å². The molecule has 1 aromatic carbocycles. The second kappa shape index (κ2) is 9.13. The summed E-state index contributed by atoms with van der Waals surface area (Å²) in [5, 5.41) is 14.4. The van der Waals surface area contributed by atoms with Crippen LogP contribution in [0.5, 0.6) is 0 Å². The maximum atomic E-state index is 12.8. The van der Waals surface area contributed by atoms with E-state index in [1.165, 1.54) is 11.8 Å². The van der Waals surface area contributed by atoms with Crippen molar-refractivity contribution in [2.45, 2.75) is 5.03 Å². The lowest BCUT2D eigenvalue weighted by Crippen LogP contribution is -2.49. The van der Waals surface area contributed by atoms with Gasteiger partial charge in [-0.1, -0.05) is 29.4 Å². The highest BCUT2D eigenvalue weighted by molar-refractivity contribution is 7.99. The molecule has 0 atom stereocenters. The summed E-state index contributed by atoms with van der Waals surface area (Å²) in [6.45, 7) is 3.00. The zero-order valence-electron chi connectivity index (χ0n) is 17.1. The fraction of sp³-hybridized carbons (Fsp3) is 0.227. The summed E-state index contributed by atoms with van der Waals surface area (Å²) in [5.74, 6) is 1.02. The van der Waals surface area contributed by atoms with Crippen LogP contribution in [0.15, 0.2) is 65.8 Å². The van der Waals surface area contributed by atoms with Crippen molar-refractivity contribution >= 4 is 40.6 Å². The lowest BCUT2D eigenvalue weighted by atomic mass is 10.2. The van der Waals surface area contributed by atoms with Crippen molar-refractivity contribution in [1.82, 2.24) is 29.7 Å². The van der Waals surface area contributed by atoms with Crippen molar-refractivity contribution in [3.63, 3.8) is 0 Å². The largest absolute Gasteiger partial charge is 0.368 e. The van der Waals surface area contributed by atoms with Crippen LogP contribution in [0.4, 0.5) is 5.69 Å². The molecule has 0 unspecified atom stereocenters. The number of fused-ring (bicyclic) bond motifs is 1. The normalized spacial score (nSPS) is 14.2. The van der Waals surface area contributed by atoms with Crippen LogP contribution in [0.3, 0.4) is 0 Å². The van der Waals surface area contributed by atoms with E-state index in [4.69, 9.17) is 11.6 Å². The minimum Gasteiger partial charge on any atom is -0.368 e. The van der Waals surface area contributed by atoms with Crippen molar-refractivity contribution in [3.05, 3.63) is 65.8 Å². The van der Waals surface area contributed by atoms with Gasteiger partial charge < -0.3 is 9.80 Å². The van der Waals surface area contributed by atoms with Gasteiger partial charge in [-0.05, 0) is 48.5 Å². The molecule has 5 rings (SSSR count). The van der Waals surface area contributed by atoms with Crippen LogP contribution < -0.4 is 4.90 Å². The zero-order valence-corrected chi connectivity index (χ0v) is 18.7. The average molecular weight is 466 g/mol. The minimum atomic E-state index is 0.112. The molecule has 0 bridgehead atoms. The van der Waals surface area contributed by atoms with Gasteiger partial charge in [-0.2, -0.15) is 9.61 Å². The zero-order chi connectivity index (χ0) is 21.9. The SMILES string of the molecule is O=C(CSc1ccc2nnc(-c3ccccn3)n2n1)N1CCN(c2ccc(Cl)cc2)CC1. The first kappa shape index (κ1) is 20.7. The molecule has 8 nitrogen and oxygen atoms in total. The highest BCUT2D eigenvalue weighted by Gasteiger charge is 2.21. The molecule has 1 aliphatic heterocycles. The number of halogens is 1. The van der Waals surface area contributed by atoms with Crippen LogP contribution in [-0.2, 0) is 4.79 Å². The number of piperazine rings is 1. The van der Waals surface area contributed by atoms with Gasteiger partial charge in [-0.25, -0.2) is 0 Å². The number of rotatable bonds is 5. The molecule has 4 heterocycles. The summed E-state index contributed by atoms with van der Waals surface area (Å²) in [5.41, 5.74) is 2.47. The van der Waals surface area contributed by atoms with Crippen LogP contribution in [0.1, 0.15) is 0 Å². The Morgan fingerprint density at radius 3 is 2.53 bits per heavy atom. The molecule has 0 N–H and O–H groups in total. The number of thioether (sulfide) groups is 1. The number of carbonyl (C=O) groups excluding carboxylic acids is 1. The predicted molar refractivity (Wildman–Crippen MR) is 125 cm³/mol. The Morgan fingerprint density at radius 2 is 1.78 bits per heavy atom. The first-order valence-electron chi connectivity index (χ1n) is 10.2. The van der Waals surface area contributed by atoms with E-state index in [-0.39, 0.29) is 5.91 Å². The van der Waals surface area contributed by atoms with Gasteiger partial charge in [-0.3, -0.25) is 9.78 Å². The fourth-order valence-electron chi connectivity index (χ4n) is 3.60. The molecule has 0 radical (unpaired) electrons. The third kappa shape index (κ3) is 4.39. The second-order valence-corrected chi connectivity index (χ2v) is 8.75. The Morgan fingerprint density at radius 1 is 0.969 bits per heavy atom. The van der Waals surface area contributed by atoms with Crippen molar-refractivity contribution in [1.29, 1.82) is 0 Å². The van der Waals surface area contributed by atoms with Crippen molar-refractivity contribution in [3.8, 4) is 11.5 Å². The van der Waals surface area contributed by atoms with E-state index in [1.807, 2.05) is 59.5 Å². The van der Waals surface area contributed by atoms with E-state index in [2.05, 4.69) is 25.2 Å². The van der Waals surface area contributed by atoms with Crippen LogP contribution in [0.25, 0.3) is 17.2 Å². The van der Waals surface area contributed by atoms with Crippen LogP contribution >= 0.6 is 23.4 Å². The molecule has 1 fully saturated rings. The molecule has 162 valence electrons. The molecule has 10 heteroatoms. The number of pyridine rings is 1. The molecular formula is C22H20ClN7OS. The highest BCUT2D eigenvalue weighted by Crippen LogP contribution is 2.22. The molecule has 0 saturated carbocycles. The molecule has 1 saturated heterocycles. The number of hydrogen-bond acceptors (Lipinski definition) is 7. The molecule has 0 aliphatic carbocycles. The lowest BCUT2D eigenvalue weighted by molar-refractivity contribution is -0.128. The number of anilines is 1. The summed E-state index contributed by atoms with van der Waals surface area (Å²) in [6.07, 6.45) is 1.71. The fourth-order valence-corrected chi connectivity index (χ4v) is 4.48. The van der Waals surface area contributed by atoms with Gasteiger partial charge in [0.25, 0.3) is 0 Å². The van der Waals surface area contributed by atoms with Crippen molar-refractivity contribution in [2.75, 3.05) is 36.8 Å². The number of benzene rings is 1. The first-order chi connectivity index (χ1) is 15.7. The Kier molecular flexibility index (Phi) is 5.91. The van der Waals surface area contributed by atoms with E-state index in [0.29, 0.717) is 36.0 Å². The number of nitrogens with zero attached hydrogens (tertiary/aromatic N) is 7. The topological polar surface area (TPSA) is 79.5 Å². The molecule has 0 spiro atoms. The number of aromatic nitrogens is 5. The second-order valence-electron chi connectivity index (χ2n) is 7.31. The molecule has 3 aromatic heterocycles. The third-order valence-electron chi connectivity index (χ3n) is 5.30. The van der Waals surface area contributed by atoms with E-state index < -0.39 is 0 Å². The predicted octanol–water partition coefficient (Wildman–Crippen LogP) is 3.28. The highest BCUT2D eigenvalue weighted by atomic mass is 35.5. The average Bonchev–Trinajstić information content (AvgIpc) is 3.27. The van der Waals surface area contributed by atoms with Gasteiger partial charge in [0.05, 0.1) is 5.75 Å². The summed E-state index contributed by atoms with van der Waals surface area (Å²) in [6, 6.07) is 17.1. The third-order valence-corrected chi connectivity index (χ3v) is 6.46. The van der Waals surface area contributed by atoms with Gasteiger partial charge >= 0.3 is 0 Å². The summed E-state index contributed by atoms with van der Waals surface area (Å²) in [7, 11) is 0. The molecular weight excluding hydrogens is 446 g/mol. The van der Waals surface area contributed by atoms with Gasteiger partial charge in [0.15, 0.2) is 5.65 Å². The Balaban J connectivity index is 1.20. The quantitative estimate of drug-likeness (QED) is 0.418. The minimum absolute atomic E-state index is 0.112. The van der Waals surface area contributed by atoms with E-state index in [0.717, 1.165) is 28.8 Å². The Hall–Kier alpha value is -3.17. The van der Waals surface area contributed by atoms with Crippen molar-refractivity contribution in [2.24, 2.45) is 0 Å². The van der Waals surface area contributed by atoms with Crippen molar-refractivity contribution < 1.29 is 4.79 Å². The van der Waals surface area contributed by atoms with Crippen LogP contribution in [-0.4, -0.2) is 67.5 Å². The molecule has 4 aromatic rings. The number of carbonyl (C=O) groups is 1. The summed E-state index contributed by atoms with van der Waals surface area (Å²) >= 11 is 7.39. The van der Waals surface area contributed by atoms with Gasteiger partial charge in [0.1, 0.15) is 10.7 Å². The smallest absolute Gasteiger partial charge is 0.233 e. The van der Waals surface area contributed by atoms with Gasteiger partial charge in [0, 0.05) is 43.1 Å². The standard InChI is InChI=1S/C22H20ClN7OS/c23-16-4-6-17(7-5-16)28-11-13-29(14-12-28)21(31)15-32-20-9-8-19-25-26-22(30(19)27-20)18-3-1-2-10-24-18/h1-10H,11-15H2. The number of amides is 1. The summed E-state index contributed by atoms with van der Waals surface area (Å²) in [4.78, 5) is 21.3. The molecule has 1 amide bonds. The van der Waals surface area contributed by atoms with E-state index in [1.54, 1.807) is 10.7 Å². The van der Waals surface area contributed by atoms with Crippen LogP contribution in [0.2, 0.25) is 5.02 Å². The number of hydrogen-bond donors (Lipinski definition) is 0. The van der Waals surface area contributed by atoms with Gasteiger partial charge in [0.2, 0.25) is 11.7 Å². The van der Waals surface area contributed by atoms with Crippen LogP contribution in [0, 0.1) is 0 Å². The lowest BCUT2D eigenvalue weighted by Gasteiger charge is -2.36. The Bertz CT molecular complexity index is 1220. The monoisotopic (exact) mass is 465 g/mol. The maximum Gasteiger partial charge on any atom is 0.233 e. The maximum absolute atomic E-state index is 12.8. The molecule has 1 aliphatic rings. The van der Waals surface area contributed by atoms with E-state index >= 15 is 0 Å².